The van der Waals surface area contributed by atoms with Crippen molar-refractivity contribution in [3.8, 4) is 0 Å². The van der Waals surface area contributed by atoms with Crippen molar-refractivity contribution in [2.75, 3.05) is 11.1 Å². The second-order valence-electron chi connectivity index (χ2n) is 5.52. The van der Waals surface area contributed by atoms with E-state index in [0.717, 1.165) is 6.54 Å². The summed E-state index contributed by atoms with van der Waals surface area (Å²) in [5, 5.41) is 10.7. The monoisotopic (exact) mass is 285 g/mol. The van der Waals surface area contributed by atoms with Crippen molar-refractivity contribution >= 4 is 17.3 Å². The van der Waals surface area contributed by atoms with Gasteiger partial charge in [0.1, 0.15) is 0 Å². The van der Waals surface area contributed by atoms with E-state index in [1.54, 1.807) is 23.0 Å². The number of carbonyl (C=O) groups excluding carboxylic acids is 1. The fourth-order valence-electron chi connectivity index (χ4n) is 2.75. The molecule has 0 unspecified atom stereocenters. The zero-order valence-corrected chi connectivity index (χ0v) is 11.8. The molecule has 1 aliphatic carbocycles. The summed E-state index contributed by atoms with van der Waals surface area (Å²) >= 11 is 0. The highest BCUT2D eigenvalue weighted by Crippen LogP contribution is 2.25. The van der Waals surface area contributed by atoms with E-state index >= 15 is 0 Å². The van der Waals surface area contributed by atoms with Crippen molar-refractivity contribution in [2.45, 2.75) is 32.2 Å². The van der Waals surface area contributed by atoms with Gasteiger partial charge in [0, 0.05) is 6.54 Å². The number of hydrogen-bond acceptors (Lipinski definition) is 4. The van der Waals surface area contributed by atoms with Gasteiger partial charge in [-0.25, -0.2) is 0 Å². The molecule has 1 heterocycles. The molecule has 1 saturated carbocycles. The van der Waals surface area contributed by atoms with Crippen LogP contribution in [0.15, 0.2) is 30.5 Å². The third kappa shape index (κ3) is 3.21. The first-order chi connectivity index (χ1) is 10.2. The van der Waals surface area contributed by atoms with Crippen LogP contribution < -0.4 is 11.1 Å². The fourth-order valence-corrected chi connectivity index (χ4v) is 2.75. The number of nitrogens with two attached hydrogens (primary N) is 1. The molecule has 1 fully saturated rings. The van der Waals surface area contributed by atoms with Crippen LogP contribution in [0.5, 0.6) is 0 Å². The van der Waals surface area contributed by atoms with Crippen molar-refractivity contribution in [1.82, 2.24) is 15.0 Å². The van der Waals surface area contributed by atoms with Crippen molar-refractivity contribution in [2.24, 2.45) is 5.92 Å². The number of anilines is 2. The summed E-state index contributed by atoms with van der Waals surface area (Å²) in [5.41, 5.74) is 7.24. The molecular formula is C15H19N5O. The smallest absolute Gasteiger partial charge is 0.277 e. The first-order valence-electron chi connectivity index (χ1n) is 7.28. The summed E-state index contributed by atoms with van der Waals surface area (Å²) in [4.78, 5) is 12.1. The number of rotatable bonds is 4. The SMILES string of the molecule is Nc1ccccc1NC(=O)c1cn(CC2CCCC2)nn1. The van der Waals surface area contributed by atoms with Gasteiger partial charge in [0.2, 0.25) is 0 Å². The van der Waals surface area contributed by atoms with Gasteiger partial charge in [-0.05, 0) is 30.9 Å². The lowest BCUT2D eigenvalue weighted by atomic mass is 10.1. The lowest BCUT2D eigenvalue weighted by molar-refractivity contribution is 0.102. The minimum absolute atomic E-state index is 0.287. The van der Waals surface area contributed by atoms with Gasteiger partial charge in [-0.2, -0.15) is 0 Å². The van der Waals surface area contributed by atoms with Crippen LogP contribution in [-0.4, -0.2) is 20.9 Å². The predicted octanol–water partition coefficient (Wildman–Crippen LogP) is 2.30. The molecule has 0 spiro atoms. The number of aromatic nitrogens is 3. The third-order valence-corrected chi connectivity index (χ3v) is 3.90. The highest BCUT2D eigenvalue weighted by molar-refractivity contribution is 6.04. The molecule has 0 aliphatic heterocycles. The van der Waals surface area contributed by atoms with Crippen LogP contribution in [0.3, 0.4) is 0 Å². The van der Waals surface area contributed by atoms with Crippen LogP contribution in [0.25, 0.3) is 0 Å². The fraction of sp³-hybridized carbons (Fsp3) is 0.400. The molecule has 1 aromatic carbocycles. The lowest BCUT2D eigenvalue weighted by Crippen LogP contribution is -2.13. The summed E-state index contributed by atoms with van der Waals surface area (Å²) in [6, 6.07) is 7.15. The molecule has 2 aromatic rings. The Bertz CT molecular complexity index is 630. The zero-order valence-electron chi connectivity index (χ0n) is 11.8. The summed E-state index contributed by atoms with van der Waals surface area (Å²) in [5.74, 6) is 0.373. The molecule has 1 amide bonds. The van der Waals surface area contributed by atoms with Crippen LogP contribution in [0.1, 0.15) is 36.2 Å². The number of nitrogens with one attached hydrogen (secondary N) is 1. The van der Waals surface area contributed by atoms with E-state index in [1.807, 2.05) is 12.1 Å². The second-order valence-corrected chi connectivity index (χ2v) is 5.52. The quantitative estimate of drug-likeness (QED) is 0.844. The van der Waals surface area contributed by atoms with Crippen LogP contribution in [0, 0.1) is 5.92 Å². The van der Waals surface area contributed by atoms with E-state index in [2.05, 4.69) is 15.6 Å². The summed E-state index contributed by atoms with van der Waals surface area (Å²) in [6.07, 6.45) is 6.76. The Kier molecular flexibility index (Phi) is 3.85. The number of benzene rings is 1. The maximum atomic E-state index is 12.1. The Balaban J connectivity index is 1.65. The standard InChI is InChI=1S/C15H19N5O/c16-12-7-3-4-8-13(12)17-15(21)14-10-20(19-18-14)9-11-5-1-2-6-11/h3-4,7-8,10-11H,1-2,5-6,9,16H2,(H,17,21). The zero-order chi connectivity index (χ0) is 14.7. The highest BCUT2D eigenvalue weighted by Gasteiger charge is 2.18. The third-order valence-electron chi connectivity index (χ3n) is 3.90. The number of amides is 1. The van der Waals surface area contributed by atoms with Crippen molar-refractivity contribution in [3.63, 3.8) is 0 Å². The van der Waals surface area contributed by atoms with Gasteiger partial charge in [0.25, 0.3) is 5.91 Å². The Morgan fingerprint density at radius 3 is 2.86 bits per heavy atom. The predicted molar refractivity (Wildman–Crippen MR) is 80.8 cm³/mol. The Hall–Kier alpha value is -2.37. The van der Waals surface area contributed by atoms with Crippen LogP contribution in [0.4, 0.5) is 11.4 Å². The molecule has 21 heavy (non-hydrogen) atoms. The van der Waals surface area contributed by atoms with Gasteiger partial charge in [0.05, 0.1) is 17.6 Å². The van der Waals surface area contributed by atoms with E-state index in [-0.39, 0.29) is 5.91 Å². The van der Waals surface area contributed by atoms with Gasteiger partial charge < -0.3 is 11.1 Å². The summed E-state index contributed by atoms with van der Waals surface area (Å²) < 4.78 is 1.76. The Morgan fingerprint density at radius 2 is 2.10 bits per heavy atom. The second kappa shape index (κ2) is 5.95. The highest BCUT2D eigenvalue weighted by atomic mass is 16.2. The maximum Gasteiger partial charge on any atom is 0.277 e. The average Bonchev–Trinajstić information content (AvgIpc) is 3.13. The molecule has 6 heteroatoms. The van der Waals surface area contributed by atoms with Crippen molar-refractivity contribution in [3.05, 3.63) is 36.2 Å². The first kappa shape index (κ1) is 13.6. The van der Waals surface area contributed by atoms with E-state index < -0.39 is 0 Å². The molecule has 0 saturated heterocycles. The summed E-state index contributed by atoms with van der Waals surface area (Å²) in [7, 11) is 0. The molecule has 1 aromatic heterocycles. The topological polar surface area (TPSA) is 85.8 Å². The number of carbonyl (C=O) groups is 1. The molecular weight excluding hydrogens is 266 g/mol. The Morgan fingerprint density at radius 1 is 1.33 bits per heavy atom. The minimum atomic E-state index is -0.287. The molecule has 0 radical (unpaired) electrons. The number of nitrogen functional groups attached to an aromatic ring is 1. The van der Waals surface area contributed by atoms with Gasteiger partial charge in [0.15, 0.2) is 5.69 Å². The molecule has 0 bridgehead atoms. The average molecular weight is 285 g/mol. The van der Waals surface area contributed by atoms with E-state index in [9.17, 15) is 4.79 Å². The van der Waals surface area contributed by atoms with Crippen LogP contribution in [0.2, 0.25) is 0 Å². The Labute approximate surface area is 123 Å². The van der Waals surface area contributed by atoms with Crippen molar-refractivity contribution in [1.29, 1.82) is 0 Å². The normalized spacial score (nSPS) is 15.2. The molecule has 3 N–H and O–H groups in total. The van der Waals surface area contributed by atoms with E-state index in [0.29, 0.717) is 23.0 Å². The van der Waals surface area contributed by atoms with E-state index in [4.69, 9.17) is 5.73 Å². The number of nitrogens with zero attached hydrogens (tertiary/aromatic N) is 3. The molecule has 0 atom stereocenters. The van der Waals surface area contributed by atoms with Gasteiger partial charge >= 0.3 is 0 Å². The van der Waals surface area contributed by atoms with Crippen LogP contribution in [-0.2, 0) is 6.54 Å². The number of hydrogen-bond donors (Lipinski definition) is 2. The number of para-hydroxylation sites is 2. The first-order valence-corrected chi connectivity index (χ1v) is 7.28. The lowest BCUT2D eigenvalue weighted by Gasteiger charge is -2.07. The summed E-state index contributed by atoms with van der Waals surface area (Å²) in [6.45, 7) is 0.841. The van der Waals surface area contributed by atoms with Gasteiger partial charge in [-0.3, -0.25) is 9.48 Å². The van der Waals surface area contributed by atoms with E-state index in [1.165, 1.54) is 25.7 Å². The molecule has 3 rings (SSSR count). The largest absolute Gasteiger partial charge is 0.397 e. The maximum absolute atomic E-state index is 12.1. The van der Waals surface area contributed by atoms with Gasteiger partial charge in [-0.1, -0.05) is 30.2 Å². The molecule has 6 nitrogen and oxygen atoms in total. The molecule has 110 valence electrons. The van der Waals surface area contributed by atoms with Gasteiger partial charge in [-0.15, -0.1) is 5.10 Å². The minimum Gasteiger partial charge on any atom is -0.397 e. The molecule has 1 aliphatic rings. The van der Waals surface area contributed by atoms with Crippen molar-refractivity contribution < 1.29 is 4.79 Å². The van der Waals surface area contributed by atoms with Crippen LogP contribution >= 0.6 is 0 Å².